The SMILES string of the molecule is CC/C=C\C/C=C\C/C=C\C/C=C\CCCCCCCCCCC(=O)NC(COP(=O)(O)OCCN)C(O)/C=C/CCCCCCCCCCCCC. The number of rotatable bonds is 39. The van der Waals surface area contributed by atoms with Gasteiger partial charge >= 0.3 is 7.82 Å². The molecule has 0 fully saturated rings. The standard InChI is InChI=1S/C44H81N2O6P/c1-3-5-7-9-11-13-15-17-18-19-20-21-22-23-24-26-28-30-32-34-36-38-44(48)46-42(41-52-53(49,50)51-40-39-45)43(47)37-35-33-31-29-27-25-16-14-12-10-8-6-4-2/h5,7,11,13,17-18,20-21,35,37,42-43,47H,3-4,6,8-10,12,14-16,19,22-34,36,38-41,45H2,1-2H3,(H,46,48)(H,49,50)/b7-5-,13-11-,18-17-,21-20-,37-35+. The molecular weight excluding hydrogens is 683 g/mol. The lowest BCUT2D eigenvalue weighted by atomic mass is 10.0. The highest BCUT2D eigenvalue weighted by molar-refractivity contribution is 7.47. The molecule has 3 unspecified atom stereocenters. The normalized spacial score (nSPS) is 14.7. The molecule has 0 rings (SSSR count). The number of carbonyl (C=O) groups is 1. The summed E-state index contributed by atoms with van der Waals surface area (Å²) in [4.78, 5) is 22.7. The molecule has 0 heterocycles. The van der Waals surface area contributed by atoms with Crippen molar-refractivity contribution in [2.24, 2.45) is 5.73 Å². The maximum atomic E-state index is 12.7. The average molecular weight is 765 g/mol. The lowest BCUT2D eigenvalue weighted by molar-refractivity contribution is -0.123. The number of phosphoric ester groups is 1. The average Bonchev–Trinajstić information content (AvgIpc) is 3.14. The molecule has 9 heteroatoms. The summed E-state index contributed by atoms with van der Waals surface area (Å²) in [6.07, 6.45) is 49.8. The lowest BCUT2D eigenvalue weighted by Crippen LogP contribution is -2.45. The Kier molecular flexibility index (Phi) is 38.5. The van der Waals surface area contributed by atoms with Gasteiger partial charge in [-0.1, -0.05) is 177 Å². The number of hydrogen-bond donors (Lipinski definition) is 4. The molecule has 0 saturated carbocycles. The van der Waals surface area contributed by atoms with Crippen LogP contribution < -0.4 is 11.1 Å². The molecule has 5 N–H and O–H groups in total. The topological polar surface area (TPSA) is 131 Å². The third-order valence-electron chi connectivity index (χ3n) is 9.10. The number of aliphatic hydroxyl groups excluding tert-OH is 1. The van der Waals surface area contributed by atoms with E-state index < -0.39 is 20.0 Å². The number of carbonyl (C=O) groups excluding carboxylic acids is 1. The van der Waals surface area contributed by atoms with Gasteiger partial charge in [-0.15, -0.1) is 0 Å². The van der Waals surface area contributed by atoms with Gasteiger partial charge < -0.3 is 21.1 Å². The van der Waals surface area contributed by atoms with Gasteiger partial charge in [-0.05, 0) is 57.8 Å². The van der Waals surface area contributed by atoms with Crippen molar-refractivity contribution in [2.45, 2.75) is 193 Å². The van der Waals surface area contributed by atoms with Crippen molar-refractivity contribution in [3.05, 3.63) is 60.8 Å². The van der Waals surface area contributed by atoms with Crippen LogP contribution in [0.4, 0.5) is 0 Å². The van der Waals surface area contributed by atoms with Gasteiger partial charge in [0.05, 0.1) is 25.4 Å². The number of aliphatic hydroxyl groups is 1. The summed E-state index contributed by atoms with van der Waals surface area (Å²) >= 11 is 0. The molecule has 8 nitrogen and oxygen atoms in total. The fourth-order valence-corrected chi connectivity index (χ4v) is 6.65. The van der Waals surface area contributed by atoms with E-state index in [-0.39, 0.29) is 25.7 Å². The summed E-state index contributed by atoms with van der Waals surface area (Å²) in [6.45, 7) is 4.00. The monoisotopic (exact) mass is 765 g/mol. The molecule has 0 aromatic carbocycles. The summed E-state index contributed by atoms with van der Waals surface area (Å²) in [5, 5.41) is 13.6. The Bertz CT molecular complexity index is 1010. The molecule has 0 bridgehead atoms. The first-order chi connectivity index (χ1) is 25.9. The molecule has 0 aliphatic heterocycles. The first-order valence-electron chi connectivity index (χ1n) is 21.4. The van der Waals surface area contributed by atoms with Crippen LogP contribution in [0.15, 0.2) is 60.8 Å². The third-order valence-corrected chi connectivity index (χ3v) is 10.1. The van der Waals surface area contributed by atoms with E-state index in [9.17, 15) is 19.4 Å². The Labute approximate surface area is 325 Å². The van der Waals surface area contributed by atoms with Crippen LogP contribution in [0.5, 0.6) is 0 Å². The largest absolute Gasteiger partial charge is 0.472 e. The molecule has 0 radical (unpaired) electrons. The van der Waals surface area contributed by atoms with E-state index in [1.807, 2.05) is 6.08 Å². The van der Waals surface area contributed by atoms with Gasteiger partial charge in [-0.3, -0.25) is 13.8 Å². The van der Waals surface area contributed by atoms with E-state index in [4.69, 9.17) is 14.8 Å². The van der Waals surface area contributed by atoms with Crippen molar-refractivity contribution < 1.29 is 28.4 Å². The van der Waals surface area contributed by atoms with Crippen LogP contribution >= 0.6 is 7.82 Å². The van der Waals surface area contributed by atoms with Crippen molar-refractivity contribution in [3.8, 4) is 0 Å². The number of phosphoric acid groups is 1. The number of nitrogens with one attached hydrogen (secondary N) is 1. The van der Waals surface area contributed by atoms with Gasteiger partial charge in [0.15, 0.2) is 0 Å². The van der Waals surface area contributed by atoms with Gasteiger partial charge in [-0.25, -0.2) is 4.57 Å². The van der Waals surface area contributed by atoms with Gasteiger partial charge in [0, 0.05) is 13.0 Å². The van der Waals surface area contributed by atoms with Gasteiger partial charge in [0.2, 0.25) is 5.91 Å². The zero-order valence-electron chi connectivity index (χ0n) is 34.0. The molecule has 53 heavy (non-hydrogen) atoms. The maximum absolute atomic E-state index is 12.7. The summed E-state index contributed by atoms with van der Waals surface area (Å²) in [5.74, 6) is -0.206. The summed E-state index contributed by atoms with van der Waals surface area (Å²) in [7, 11) is -4.34. The number of nitrogens with two attached hydrogens (primary N) is 1. The molecule has 0 aliphatic carbocycles. The smallest absolute Gasteiger partial charge is 0.387 e. The fourth-order valence-electron chi connectivity index (χ4n) is 5.89. The molecule has 0 aliphatic rings. The van der Waals surface area contributed by atoms with Crippen LogP contribution in [0.2, 0.25) is 0 Å². The Balaban J connectivity index is 4.21. The van der Waals surface area contributed by atoms with Crippen LogP contribution in [0.3, 0.4) is 0 Å². The van der Waals surface area contributed by atoms with Crippen LogP contribution in [-0.4, -0.2) is 47.8 Å². The van der Waals surface area contributed by atoms with Crippen molar-refractivity contribution in [3.63, 3.8) is 0 Å². The molecule has 308 valence electrons. The quantitative estimate of drug-likeness (QED) is 0.0278. The number of allylic oxidation sites excluding steroid dienone is 9. The molecular formula is C44H81N2O6P. The highest BCUT2D eigenvalue weighted by Crippen LogP contribution is 2.43. The Morgan fingerprint density at radius 3 is 1.60 bits per heavy atom. The molecule has 0 saturated heterocycles. The molecule has 1 amide bonds. The molecule has 0 spiro atoms. The van der Waals surface area contributed by atoms with E-state index in [1.54, 1.807) is 6.08 Å². The first kappa shape index (κ1) is 51.2. The Morgan fingerprint density at radius 2 is 1.09 bits per heavy atom. The van der Waals surface area contributed by atoms with Crippen molar-refractivity contribution in [1.29, 1.82) is 0 Å². The summed E-state index contributed by atoms with van der Waals surface area (Å²) in [5.41, 5.74) is 5.37. The van der Waals surface area contributed by atoms with E-state index >= 15 is 0 Å². The number of hydrogen-bond acceptors (Lipinski definition) is 6. The van der Waals surface area contributed by atoms with Crippen LogP contribution in [0.25, 0.3) is 0 Å². The minimum atomic E-state index is -4.34. The van der Waals surface area contributed by atoms with Crippen LogP contribution in [-0.2, 0) is 18.4 Å². The highest BCUT2D eigenvalue weighted by Gasteiger charge is 2.26. The second-order valence-electron chi connectivity index (χ2n) is 14.2. The zero-order chi connectivity index (χ0) is 38.9. The van der Waals surface area contributed by atoms with Crippen molar-refractivity contribution >= 4 is 13.7 Å². The second-order valence-corrected chi connectivity index (χ2v) is 15.6. The van der Waals surface area contributed by atoms with E-state index in [0.717, 1.165) is 70.6 Å². The van der Waals surface area contributed by atoms with Crippen molar-refractivity contribution in [2.75, 3.05) is 19.8 Å². The van der Waals surface area contributed by atoms with Crippen LogP contribution in [0.1, 0.15) is 181 Å². The van der Waals surface area contributed by atoms with Gasteiger partial charge in [0.25, 0.3) is 0 Å². The summed E-state index contributed by atoms with van der Waals surface area (Å²) in [6, 6.07) is -0.866. The number of unbranched alkanes of at least 4 members (excludes halogenated alkanes) is 19. The summed E-state index contributed by atoms with van der Waals surface area (Å²) < 4.78 is 22.1. The maximum Gasteiger partial charge on any atom is 0.472 e. The van der Waals surface area contributed by atoms with Gasteiger partial charge in [0.1, 0.15) is 0 Å². The zero-order valence-corrected chi connectivity index (χ0v) is 34.9. The van der Waals surface area contributed by atoms with E-state index in [2.05, 4.69) is 67.8 Å². The lowest BCUT2D eigenvalue weighted by Gasteiger charge is -2.23. The second kappa shape index (κ2) is 39.9. The van der Waals surface area contributed by atoms with Crippen LogP contribution in [0, 0.1) is 0 Å². The first-order valence-corrected chi connectivity index (χ1v) is 22.9. The number of amides is 1. The third kappa shape index (κ3) is 38.3. The minimum absolute atomic E-state index is 0.0746. The van der Waals surface area contributed by atoms with Crippen molar-refractivity contribution in [1.82, 2.24) is 5.32 Å². The molecule has 3 atom stereocenters. The van der Waals surface area contributed by atoms with Gasteiger partial charge in [-0.2, -0.15) is 0 Å². The van der Waals surface area contributed by atoms with E-state index in [1.165, 1.54) is 89.9 Å². The minimum Gasteiger partial charge on any atom is -0.387 e. The highest BCUT2D eigenvalue weighted by atomic mass is 31.2. The molecule has 0 aromatic heterocycles. The molecule has 0 aromatic rings. The Morgan fingerprint density at radius 1 is 0.642 bits per heavy atom. The Hall–Kier alpha value is -1.80. The van der Waals surface area contributed by atoms with E-state index in [0.29, 0.717) is 6.42 Å². The predicted octanol–water partition coefficient (Wildman–Crippen LogP) is 11.9. The predicted molar refractivity (Wildman–Crippen MR) is 226 cm³/mol. The fraction of sp³-hybridized carbons (Fsp3) is 0.750.